The van der Waals surface area contributed by atoms with Crippen molar-refractivity contribution in [2.24, 2.45) is 0 Å². The van der Waals surface area contributed by atoms with E-state index in [0.29, 0.717) is 10.8 Å². The Balaban J connectivity index is 2.51. The van der Waals surface area contributed by atoms with Gasteiger partial charge in [-0.15, -0.1) is 0 Å². The molecule has 0 amide bonds. The molecule has 0 aromatic heterocycles. The molecule has 84 valence electrons. The third-order valence-electron chi connectivity index (χ3n) is 1.55. The van der Waals surface area contributed by atoms with Crippen molar-refractivity contribution in [1.82, 2.24) is 0 Å². The molecular formula is C9H7BrClF3O. The van der Waals surface area contributed by atoms with Gasteiger partial charge in [0.2, 0.25) is 0 Å². The van der Waals surface area contributed by atoms with Crippen LogP contribution in [0.3, 0.4) is 0 Å². The minimum atomic E-state index is -4.31. The molecular weight excluding hydrogens is 296 g/mol. The molecule has 1 rings (SSSR count). The second-order valence-electron chi connectivity index (χ2n) is 2.78. The first-order valence-electron chi connectivity index (χ1n) is 3.99. The van der Waals surface area contributed by atoms with Gasteiger partial charge in [-0.1, -0.05) is 33.6 Å². The van der Waals surface area contributed by atoms with E-state index < -0.39 is 17.6 Å². The largest absolute Gasteiger partial charge is 0.492 e. The molecule has 0 saturated carbocycles. The van der Waals surface area contributed by atoms with Gasteiger partial charge in [-0.3, -0.25) is 0 Å². The van der Waals surface area contributed by atoms with Crippen molar-refractivity contribution in [2.75, 3.05) is 6.61 Å². The van der Waals surface area contributed by atoms with Crippen LogP contribution in [0.4, 0.5) is 13.2 Å². The normalized spacial score (nSPS) is 13.7. The van der Waals surface area contributed by atoms with Crippen LogP contribution in [0.25, 0.3) is 0 Å². The topological polar surface area (TPSA) is 9.23 Å². The summed E-state index contributed by atoms with van der Waals surface area (Å²) >= 11 is 8.13. The van der Waals surface area contributed by atoms with E-state index in [1.807, 2.05) is 0 Å². The van der Waals surface area contributed by atoms with Crippen molar-refractivity contribution in [3.63, 3.8) is 0 Å². The van der Waals surface area contributed by atoms with Gasteiger partial charge in [0.05, 0.1) is 0 Å². The highest BCUT2D eigenvalue weighted by atomic mass is 79.9. The molecule has 0 spiro atoms. The zero-order valence-corrected chi connectivity index (χ0v) is 9.73. The SMILES string of the molecule is FC(F)(F)C(Br)COc1cccc(Cl)c1. The van der Waals surface area contributed by atoms with Crippen LogP contribution < -0.4 is 4.74 Å². The van der Waals surface area contributed by atoms with E-state index in [0.717, 1.165) is 0 Å². The quantitative estimate of drug-likeness (QED) is 0.766. The number of benzene rings is 1. The lowest BCUT2D eigenvalue weighted by Gasteiger charge is -2.14. The van der Waals surface area contributed by atoms with Crippen LogP contribution in [0, 0.1) is 0 Å². The maximum absolute atomic E-state index is 12.1. The third kappa shape index (κ3) is 4.30. The number of ether oxygens (including phenoxy) is 1. The van der Waals surface area contributed by atoms with Crippen LogP contribution in [0.1, 0.15) is 0 Å². The first kappa shape index (κ1) is 12.6. The van der Waals surface area contributed by atoms with Crippen molar-refractivity contribution in [3.8, 4) is 5.75 Å². The highest BCUT2D eigenvalue weighted by molar-refractivity contribution is 9.09. The van der Waals surface area contributed by atoms with Gasteiger partial charge in [0, 0.05) is 5.02 Å². The zero-order chi connectivity index (χ0) is 11.5. The second-order valence-corrected chi connectivity index (χ2v) is 4.32. The van der Waals surface area contributed by atoms with Gasteiger partial charge in [-0.2, -0.15) is 13.2 Å². The molecule has 1 aromatic carbocycles. The number of alkyl halides is 4. The summed E-state index contributed by atoms with van der Waals surface area (Å²) in [5.41, 5.74) is 0. The Labute approximate surface area is 98.3 Å². The van der Waals surface area contributed by atoms with Gasteiger partial charge in [-0.25, -0.2) is 0 Å². The predicted molar refractivity (Wildman–Crippen MR) is 55.7 cm³/mol. The second kappa shape index (κ2) is 5.07. The Morgan fingerprint density at radius 1 is 1.40 bits per heavy atom. The van der Waals surface area contributed by atoms with Crippen molar-refractivity contribution < 1.29 is 17.9 Å². The Kier molecular flexibility index (Phi) is 4.28. The standard InChI is InChI=1S/C9H7BrClF3O/c10-8(9(12,13)14)5-15-7-3-1-2-6(11)4-7/h1-4,8H,5H2. The number of rotatable bonds is 3. The Bertz CT molecular complexity index is 329. The lowest BCUT2D eigenvalue weighted by Crippen LogP contribution is -2.28. The maximum atomic E-state index is 12.1. The fourth-order valence-corrected chi connectivity index (χ4v) is 1.13. The molecule has 0 saturated heterocycles. The van der Waals surface area contributed by atoms with Crippen molar-refractivity contribution in [1.29, 1.82) is 0 Å². The van der Waals surface area contributed by atoms with Gasteiger partial charge in [0.15, 0.2) is 0 Å². The van der Waals surface area contributed by atoms with Crippen LogP contribution >= 0.6 is 27.5 Å². The summed E-state index contributed by atoms with van der Waals surface area (Å²) in [7, 11) is 0. The van der Waals surface area contributed by atoms with Gasteiger partial charge in [0.1, 0.15) is 17.2 Å². The summed E-state index contributed by atoms with van der Waals surface area (Å²) in [5, 5.41) is 0.422. The zero-order valence-electron chi connectivity index (χ0n) is 7.39. The van der Waals surface area contributed by atoms with Crippen LogP contribution in [0.5, 0.6) is 5.75 Å². The van der Waals surface area contributed by atoms with Crippen LogP contribution in [0.15, 0.2) is 24.3 Å². The van der Waals surface area contributed by atoms with E-state index in [9.17, 15) is 13.2 Å². The number of halogens is 5. The number of hydrogen-bond acceptors (Lipinski definition) is 1. The average molecular weight is 304 g/mol. The summed E-state index contributed by atoms with van der Waals surface area (Å²) in [6.45, 7) is -0.482. The summed E-state index contributed by atoms with van der Waals surface area (Å²) < 4.78 is 41.2. The smallest absolute Gasteiger partial charge is 0.404 e. The van der Waals surface area contributed by atoms with E-state index in [1.54, 1.807) is 18.2 Å². The van der Waals surface area contributed by atoms with Gasteiger partial charge in [-0.05, 0) is 18.2 Å². The Hall–Kier alpha value is -0.420. The van der Waals surface area contributed by atoms with Crippen molar-refractivity contribution >= 4 is 27.5 Å². The molecule has 1 unspecified atom stereocenters. The molecule has 0 heterocycles. The molecule has 1 aromatic rings. The van der Waals surface area contributed by atoms with Crippen molar-refractivity contribution in [3.05, 3.63) is 29.3 Å². The first-order valence-corrected chi connectivity index (χ1v) is 5.28. The fourth-order valence-electron chi connectivity index (χ4n) is 0.821. The van der Waals surface area contributed by atoms with Crippen molar-refractivity contribution in [2.45, 2.75) is 11.0 Å². The molecule has 15 heavy (non-hydrogen) atoms. The third-order valence-corrected chi connectivity index (χ3v) is 2.57. The number of hydrogen-bond donors (Lipinski definition) is 0. The summed E-state index contributed by atoms with van der Waals surface area (Å²) in [5.74, 6) is 0.316. The van der Waals surface area contributed by atoms with Crippen LogP contribution in [0.2, 0.25) is 5.02 Å². The molecule has 0 aliphatic heterocycles. The Morgan fingerprint density at radius 2 is 2.07 bits per heavy atom. The lowest BCUT2D eigenvalue weighted by molar-refractivity contribution is -0.132. The average Bonchev–Trinajstić information content (AvgIpc) is 2.12. The molecule has 0 radical (unpaired) electrons. The molecule has 0 aliphatic carbocycles. The fraction of sp³-hybridized carbons (Fsp3) is 0.333. The molecule has 0 bridgehead atoms. The van der Waals surface area contributed by atoms with E-state index in [1.165, 1.54) is 6.07 Å². The molecule has 1 nitrogen and oxygen atoms in total. The molecule has 0 aliphatic rings. The summed E-state index contributed by atoms with van der Waals surface area (Å²) in [6, 6.07) is 6.22. The molecule has 0 fully saturated rings. The maximum Gasteiger partial charge on any atom is 0.404 e. The highest BCUT2D eigenvalue weighted by Crippen LogP contribution is 2.27. The minimum Gasteiger partial charge on any atom is -0.492 e. The first-order chi connectivity index (χ1) is 6.89. The minimum absolute atomic E-state index is 0.316. The van der Waals surface area contributed by atoms with E-state index in [2.05, 4.69) is 15.9 Å². The van der Waals surface area contributed by atoms with Crippen LogP contribution in [-0.4, -0.2) is 17.6 Å². The van der Waals surface area contributed by atoms with Gasteiger partial charge in [0.25, 0.3) is 0 Å². The van der Waals surface area contributed by atoms with Gasteiger partial charge < -0.3 is 4.74 Å². The highest BCUT2D eigenvalue weighted by Gasteiger charge is 2.38. The molecule has 1 atom stereocenters. The molecule has 0 N–H and O–H groups in total. The van der Waals surface area contributed by atoms with Crippen LogP contribution in [-0.2, 0) is 0 Å². The predicted octanol–water partition coefficient (Wildman–Crippen LogP) is 4.04. The lowest BCUT2D eigenvalue weighted by atomic mass is 10.3. The summed E-state index contributed by atoms with van der Waals surface area (Å²) in [4.78, 5) is -1.68. The van der Waals surface area contributed by atoms with E-state index in [4.69, 9.17) is 16.3 Å². The Morgan fingerprint density at radius 3 is 2.60 bits per heavy atom. The van der Waals surface area contributed by atoms with Gasteiger partial charge >= 0.3 is 6.18 Å². The van der Waals surface area contributed by atoms with E-state index >= 15 is 0 Å². The van der Waals surface area contributed by atoms with E-state index in [-0.39, 0.29) is 0 Å². The monoisotopic (exact) mass is 302 g/mol. The summed E-state index contributed by atoms with van der Waals surface area (Å²) in [6.07, 6.45) is -4.31. The molecule has 6 heteroatoms.